The van der Waals surface area contributed by atoms with Gasteiger partial charge in [0.05, 0.1) is 6.10 Å². The van der Waals surface area contributed by atoms with E-state index >= 15 is 0 Å². The fourth-order valence-electron chi connectivity index (χ4n) is 2.00. The van der Waals surface area contributed by atoms with Gasteiger partial charge in [-0.2, -0.15) is 0 Å². The smallest absolute Gasteiger partial charge is 0.222 e. The maximum Gasteiger partial charge on any atom is 0.222 e. The summed E-state index contributed by atoms with van der Waals surface area (Å²) in [4.78, 5) is 14.9. The molecule has 1 aromatic heterocycles. The van der Waals surface area contributed by atoms with Crippen LogP contribution in [0.3, 0.4) is 0 Å². The Hall–Kier alpha value is -0.870. The summed E-state index contributed by atoms with van der Waals surface area (Å²) in [6.07, 6.45) is 2.92. The monoisotopic (exact) mass is 239 g/mol. The predicted molar refractivity (Wildman–Crippen MR) is 64.5 cm³/mol. The number of carbonyl (C=O) groups excluding carboxylic acids is 1. The van der Waals surface area contributed by atoms with Crippen molar-refractivity contribution in [3.8, 4) is 0 Å². The fraction of sp³-hybridized carbons (Fsp3) is 0.583. The lowest BCUT2D eigenvalue weighted by molar-refractivity contribution is -0.130. The molecule has 3 nitrogen and oxygen atoms in total. The second-order valence-electron chi connectivity index (χ2n) is 4.22. The minimum atomic E-state index is -0.304. The van der Waals surface area contributed by atoms with E-state index in [4.69, 9.17) is 0 Å². The molecule has 1 aliphatic heterocycles. The van der Waals surface area contributed by atoms with E-state index in [0.29, 0.717) is 13.0 Å². The van der Waals surface area contributed by atoms with Gasteiger partial charge < -0.3 is 10.0 Å². The zero-order valence-electron chi connectivity index (χ0n) is 9.26. The first kappa shape index (κ1) is 11.6. The van der Waals surface area contributed by atoms with Gasteiger partial charge in [0, 0.05) is 24.4 Å². The molecular weight excluding hydrogens is 222 g/mol. The standard InChI is InChI=1S/C12H17NO2S/c14-10-6-7-13(9-10)12(15)5-1-3-11-4-2-8-16-11/h2,4,8,10,14H,1,3,5-7,9H2/t10-/m1/s1. The van der Waals surface area contributed by atoms with Crippen LogP contribution in [0.15, 0.2) is 17.5 Å². The van der Waals surface area contributed by atoms with Crippen LogP contribution in [-0.4, -0.2) is 35.1 Å². The molecule has 0 spiro atoms. The van der Waals surface area contributed by atoms with Crippen molar-refractivity contribution >= 4 is 17.2 Å². The third-order valence-corrected chi connectivity index (χ3v) is 3.85. The van der Waals surface area contributed by atoms with Gasteiger partial charge >= 0.3 is 0 Å². The van der Waals surface area contributed by atoms with Crippen molar-refractivity contribution < 1.29 is 9.90 Å². The first-order valence-electron chi connectivity index (χ1n) is 5.74. The molecule has 88 valence electrons. The van der Waals surface area contributed by atoms with Crippen molar-refractivity contribution in [1.82, 2.24) is 4.90 Å². The van der Waals surface area contributed by atoms with Gasteiger partial charge in [0.15, 0.2) is 0 Å². The first-order valence-corrected chi connectivity index (χ1v) is 6.62. The molecule has 0 aromatic carbocycles. The van der Waals surface area contributed by atoms with Crippen LogP contribution in [0.25, 0.3) is 0 Å². The summed E-state index contributed by atoms with van der Waals surface area (Å²) in [5.74, 6) is 0.188. The minimum absolute atomic E-state index is 0.188. The molecular formula is C12H17NO2S. The normalized spacial score (nSPS) is 20.3. The number of thiophene rings is 1. The van der Waals surface area contributed by atoms with Gasteiger partial charge in [0.25, 0.3) is 0 Å². The van der Waals surface area contributed by atoms with E-state index in [-0.39, 0.29) is 12.0 Å². The van der Waals surface area contributed by atoms with E-state index in [2.05, 4.69) is 11.4 Å². The Bertz CT molecular complexity index is 337. The average molecular weight is 239 g/mol. The van der Waals surface area contributed by atoms with Crippen LogP contribution >= 0.6 is 11.3 Å². The predicted octanol–water partition coefficient (Wildman–Crippen LogP) is 1.66. The van der Waals surface area contributed by atoms with Crippen molar-refractivity contribution in [1.29, 1.82) is 0 Å². The molecule has 2 heterocycles. The highest BCUT2D eigenvalue weighted by molar-refractivity contribution is 7.09. The molecule has 0 aliphatic carbocycles. The van der Waals surface area contributed by atoms with E-state index in [1.807, 2.05) is 6.07 Å². The molecule has 16 heavy (non-hydrogen) atoms. The number of hydrogen-bond donors (Lipinski definition) is 1. The Morgan fingerprint density at radius 3 is 3.12 bits per heavy atom. The van der Waals surface area contributed by atoms with E-state index in [0.717, 1.165) is 25.8 Å². The summed E-state index contributed by atoms with van der Waals surface area (Å²) >= 11 is 1.74. The van der Waals surface area contributed by atoms with Gasteiger partial charge in [-0.05, 0) is 30.7 Å². The molecule has 1 atom stereocenters. The lowest BCUT2D eigenvalue weighted by Gasteiger charge is -2.14. The van der Waals surface area contributed by atoms with Crippen molar-refractivity contribution in [2.75, 3.05) is 13.1 Å². The number of aliphatic hydroxyl groups is 1. The summed E-state index contributed by atoms with van der Waals surface area (Å²) in [7, 11) is 0. The summed E-state index contributed by atoms with van der Waals surface area (Å²) in [5.41, 5.74) is 0. The number of amides is 1. The molecule has 4 heteroatoms. The summed E-state index contributed by atoms with van der Waals surface area (Å²) < 4.78 is 0. The molecule has 0 bridgehead atoms. The van der Waals surface area contributed by atoms with Gasteiger partial charge in [-0.25, -0.2) is 0 Å². The lowest BCUT2D eigenvalue weighted by Crippen LogP contribution is -2.29. The first-order chi connectivity index (χ1) is 7.75. The molecule has 1 aromatic rings. The second kappa shape index (κ2) is 5.46. The van der Waals surface area contributed by atoms with E-state index < -0.39 is 0 Å². The maximum atomic E-state index is 11.7. The summed E-state index contributed by atoms with van der Waals surface area (Å²) in [6.45, 7) is 1.25. The number of rotatable bonds is 4. The maximum absolute atomic E-state index is 11.7. The summed E-state index contributed by atoms with van der Waals surface area (Å²) in [5, 5.41) is 11.4. The van der Waals surface area contributed by atoms with Crippen LogP contribution in [0.1, 0.15) is 24.1 Å². The molecule has 0 radical (unpaired) electrons. The molecule has 1 N–H and O–H groups in total. The number of hydrogen-bond acceptors (Lipinski definition) is 3. The largest absolute Gasteiger partial charge is 0.391 e. The summed E-state index contributed by atoms with van der Waals surface area (Å²) in [6, 6.07) is 4.15. The Labute approximate surface area is 99.7 Å². The average Bonchev–Trinajstić information content (AvgIpc) is 2.89. The van der Waals surface area contributed by atoms with Crippen LogP contribution in [0, 0.1) is 0 Å². The number of likely N-dealkylation sites (tertiary alicyclic amines) is 1. The van der Waals surface area contributed by atoms with Crippen molar-refractivity contribution in [2.24, 2.45) is 0 Å². The van der Waals surface area contributed by atoms with Gasteiger partial charge in [0.2, 0.25) is 5.91 Å². The van der Waals surface area contributed by atoms with Crippen LogP contribution in [-0.2, 0) is 11.2 Å². The Kier molecular flexibility index (Phi) is 3.96. The van der Waals surface area contributed by atoms with E-state index in [1.54, 1.807) is 16.2 Å². The number of carbonyl (C=O) groups is 1. The Morgan fingerprint density at radius 2 is 2.50 bits per heavy atom. The molecule has 1 amide bonds. The number of aliphatic hydroxyl groups excluding tert-OH is 1. The number of aryl methyl sites for hydroxylation is 1. The van der Waals surface area contributed by atoms with Gasteiger partial charge in [-0.1, -0.05) is 6.07 Å². The van der Waals surface area contributed by atoms with Gasteiger partial charge in [-0.3, -0.25) is 4.79 Å². The number of β-amino-alcohol motifs (C(OH)–C–C–N with tert-alkyl or cyclic N) is 1. The van der Waals surface area contributed by atoms with Gasteiger partial charge in [-0.15, -0.1) is 11.3 Å². The highest BCUT2D eigenvalue weighted by Crippen LogP contribution is 2.14. The highest BCUT2D eigenvalue weighted by Gasteiger charge is 2.23. The molecule has 1 fully saturated rings. The Balaban J connectivity index is 1.68. The third-order valence-electron chi connectivity index (χ3n) is 2.91. The van der Waals surface area contributed by atoms with Crippen LogP contribution < -0.4 is 0 Å². The number of nitrogens with zero attached hydrogens (tertiary/aromatic N) is 1. The van der Waals surface area contributed by atoms with Crippen LogP contribution in [0.5, 0.6) is 0 Å². The third kappa shape index (κ3) is 3.06. The van der Waals surface area contributed by atoms with Crippen molar-refractivity contribution in [3.63, 3.8) is 0 Å². The van der Waals surface area contributed by atoms with Crippen LogP contribution in [0.4, 0.5) is 0 Å². The minimum Gasteiger partial charge on any atom is -0.391 e. The van der Waals surface area contributed by atoms with Crippen LogP contribution in [0.2, 0.25) is 0 Å². The topological polar surface area (TPSA) is 40.5 Å². The molecule has 1 saturated heterocycles. The second-order valence-corrected chi connectivity index (χ2v) is 5.25. The zero-order chi connectivity index (χ0) is 11.4. The van der Waals surface area contributed by atoms with Crippen molar-refractivity contribution in [2.45, 2.75) is 31.8 Å². The molecule has 0 saturated carbocycles. The van der Waals surface area contributed by atoms with E-state index in [1.165, 1.54) is 4.88 Å². The highest BCUT2D eigenvalue weighted by atomic mass is 32.1. The molecule has 1 aliphatic rings. The SMILES string of the molecule is O=C(CCCc1cccs1)N1CC[C@@H](O)C1. The fourth-order valence-corrected chi connectivity index (χ4v) is 2.75. The zero-order valence-corrected chi connectivity index (χ0v) is 10.1. The lowest BCUT2D eigenvalue weighted by atomic mass is 10.2. The Morgan fingerprint density at radius 1 is 1.62 bits per heavy atom. The van der Waals surface area contributed by atoms with E-state index in [9.17, 15) is 9.90 Å². The van der Waals surface area contributed by atoms with Gasteiger partial charge in [0.1, 0.15) is 0 Å². The molecule has 0 unspecified atom stereocenters. The molecule has 2 rings (SSSR count). The quantitative estimate of drug-likeness (QED) is 0.868. The van der Waals surface area contributed by atoms with Crippen molar-refractivity contribution in [3.05, 3.63) is 22.4 Å².